The molecule has 4 rings (SSSR count). The first-order valence-corrected chi connectivity index (χ1v) is 9.96. The highest BCUT2D eigenvalue weighted by atomic mass is 19.1. The number of likely N-dealkylation sites (tertiary alicyclic amines) is 2. The normalized spacial score (nSPS) is 27.3. The minimum atomic E-state index is -0.489. The summed E-state index contributed by atoms with van der Waals surface area (Å²) in [5.41, 5.74) is -0.340. The molecular formula is C21H27FN2O2. The first-order chi connectivity index (χ1) is 12.6. The number of piperidine rings is 1. The summed E-state index contributed by atoms with van der Waals surface area (Å²) in [6.07, 6.45) is 8.46. The Morgan fingerprint density at radius 2 is 1.81 bits per heavy atom. The molecule has 0 N–H and O–H groups in total. The van der Waals surface area contributed by atoms with E-state index in [4.69, 9.17) is 0 Å². The summed E-state index contributed by atoms with van der Waals surface area (Å²) in [5, 5.41) is 0. The number of carbonyl (C=O) groups excluding carboxylic acids is 2. The van der Waals surface area contributed by atoms with Crippen molar-refractivity contribution in [1.82, 2.24) is 9.80 Å². The summed E-state index contributed by atoms with van der Waals surface area (Å²) in [6, 6.07) is 6.49. The average Bonchev–Trinajstić information content (AvgIpc) is 3.10. The Morgan fingerprint density at radius 1 is 1.04 bits per heavy atom. The van der Waals surface area contributed by atoms with Crippen LogP contribution in [0.2, 0.25) is 0 Å². The van der Waals surface area contributed by atoms with Gasteiger partial charge in [-0.1, -0.05) is 31.4 Å². The van der Waals surface area contributed by atoms with Gasteiger partial charge >= 0.3 is 0 Å². The van der Waals surface area contributed by atoms with Crippen LogP contribution in [0.5, 0.6) is 0 Å². The Morgan fingerprint density at radius 3 is 2.58 bits per heavy atom. The summed E-state index contributed by atoms with van der Waals surface area (Å²) >= 11 is 0. The molecule has 0 unspecified atom stereocenters. The fraction of sp³-hybridized carbons (Fsp3) is 0.619. The molecule has 1 saturated carbocycles. The van der Waals surface area contributed by atoms with E-state index >= 15 is 0 Å². The van der Waals surface area contributed by atoms with Crippen molar-refractivity contribution in [2.24, 2.45) is 5.41 Å². The van der Waals surface area contributed by atoms with Gasteiger partial charge in [-0.3, -0.25) is 9.59 Å². The van der Waals surface area contributed by atoms with Crippen LogP contribution in [-0.2, 0) is 4.79 Å². The number of rotatable bonds is 2. The highest BCUT2D eigenvalue weighted by Gasteiger charge is 2.50. The molecule has 3 aliphatic rings. The topological polar surface area (TPSA) is 40.6 Å². The highest BCUT2D eigenvalue weighted by Crippen LogP contribution is 2.42. The molecule has 1 aliphatic carbocycles. The molecule has 5 heteroatoms. The van der Waals surface area contributed by atoms with Crippen molar-refractivity contribution in [3.63, 3.8) is 0 Å². The second-order valence-corrected chi connectivity index (χ2v) is 8.13. The lowest BCUT2D eigenvalue weighted by Crippen LogP contribution is -2.54. The van der Waals surface area contributed by atoms with Gasteiger partial charge in [-0.15, -0.1) is 0 Å². The smallest absolute Gasteiger partial charge is 0.256 e. The van der Waals surface area contributed by atoms with Gasteiger partial charge in [-0.05, 0) is 44.2 Å². The van der Waals surface area contributed by atoms with E-state index in [1.165, 1.54) is 31.4 Å². The molecule has 1 aromatic rings. The van der Waals surface area contributed by atoms with Crippen molar-refractivity contribution in [2.75, 3.05) is 19.6 Å². The van der Waals surface area contributed by atoms with E-state index in [-0.39, 0.29) is 17.4 Å². The van der Waals surface area contributed by atoms with E-state index in [0.717, 1.165) is 32.2 Å². The first kappa shape index (κ1) is 17.5. The number of benzene rings is 1. The molecule has 140 valence electrons. The molecular weight excluding hydrogens is 331 g/mol. The molecule has 2 saturated heterocycles. The molecule has 26 heavy (non-hydrogen) atoms. The third kappa shape index (κ3) is 3.01. The van der Waals surface area contributed by atoms with Crippen molar-refractivity contribution in [2.45, 2.75) is 57.4 Å². The van der Waals surface area contributed by atoms with Crippen molar-refractivity contribution in [3.05, 3.63) is 35.6 Å². The number of amides is 2. The van der Waals surface area contributed by atoms with Crippen molar-refractivity contribution >= 4 is 11.8 Å². The van der Waals surface area contributed by atoms with E-state index in [1.54, 1.807) is 17.0 Å². The Kier molecular flexibility index (Phi) is 4.72. The van der Waals surface area contributed by atoms with Crippen LogP contribution in [0, 0.1) is 11.2 Å². The SMILES string of the molecule is O=C(c1ccccc1F)N1CC[C@@]2(CCCN(C3CCCCC3)C2=O)C1. The van der Waals surface area contributed by atoms with Gasteiger partial charge in [0.2, 0.25) is 5.91 Å². The minimum Gasteiger partial charge on any atom is -0.339 e. The number of hydrogen-bond donors (Lipinski definition) is 0. The van der Waals surface area contributed by atoms with E-state index in [2.05, 4.69) is 4.90 Å². The Hall–Kier alpha value is -1.91. The average molecular weight is 358 g/mol. The van der Waals surface area contributed by atoms with Gasteiger partial charge < -0.3 is 9.80 Å². The Labute approximate surface area is 154 Å². The summed E-state index contributed by atoms with van der Waals surface area (Å²) in [7, 11) is 0. The molecule has 3 fully saturated rings. The second-order valence-electron chi connectivity index (χ2n) is 8.13. The lowest BCUT2D eigenvalue weighted by atomic mass is 9.77. The highest BCUT2D eigenvalue weighted by molar-refractivity contribution is 5.95. The fourth-order valence-electron chi connectivity index (χ4n) is 5.07. The molecule has 2 heterocycles. The van der Waals surface area contributed by atoms with Gasteiger partial charge in [-0.2, -0.15) is 0 Å². The maximum atomic E-state index is 14.0. The molecule has 0 bridgehead atoms. The van der Waals surface area contributed by atoms with Gasteiger partial charge in [0.25, 0.3) is 5.91 Å². The lowest BCUT2D eigenvalue weighted by Gasteiger charge is -2.44. The van der Waals surface area contributed by atoms with Crippen LogP contribution in [-0.4, -0.2) is 47.3 Å². The second kappa shape index (κ2) is 7.01. The maximum Gasteiger partial charge on any atom is 0.256 e. The van der Waals surface area contributed by atoms with Gasteiger partial charge in [0, 0.05) is 25.7 Å². The number of carbonyl (C=O) groups is 2. The molecule has 1 spiro atoms. The maximum absolute atomic E-state index is 14.0. The summed E-state index contributed by atoms with van der Waals surface area (Å²) in [6.45, 7) is 1.83. The molecule has 2 amide bonds. The predicted molar refractivity (Wildman–Crippen MR) is 97.2 cm³/mol. The zero-order valence-corrected chi connectivity index (χ0v) is 15.3. The van der Waals surface area contributed by atoms with Crippen LogP contribution in [0.25, 0.3) is 0 Å². The summed E-state index contributed by atoms with van der Waals surface area (Å²) in [5.74, 6) is -0.542. The monoisotopic (exact) mass is 358 g/mol. The van der Waals surface area contributed by atoms with E-state index in [1.807, 2.05) is 0 Å². The standard InChI is InChI=1S/C21H27FN2O2/c22-18-10-5-4-9-17(18)19(25)23-14-12-21(15-23)11-6-13-24(20(21)26)16-7-2-1-3-8-16/h4-5,9-10,16H,1-3,6-8,11-15H2/t21-/m0/s1. The summed E-state index contributed by atoms with van der Waals surface area (Å²) in [4.78, 5) is 29.9. The molecule has 1 atom stereocenters. The van der Waals surface area contributed by atoms with Gasteiger partial charge in [0.15, 0.2) is 0 Å². The van der Waals surface area contributed by atoms with Crippen molar-refractivity contribution < 1.29 is 14.0 Å². The third-order valence-electron chi connectivity index (χ3n) is 6.53. The van der Waals surface area contributed by atoms with Gasteiger partial charge in [0.1, 0.15) is 5.82 Å². The van der Waals surface area contributed by atoms with Crippen molar-refractivity contribution in [3.8, 4) is 0 Å². The van der Waals surface area contributed by atoms with Crippen molar-refractivity contribution in [1.29, 1.82) is 0 Å². The molecule has 0 aromatic heterocycles. The van der Waals surface area contributed by atoms with E-state index in [0.29, 0.717) is 25.6 Å². The largest absolute Gasteiger partial charge is 0.339 e. The first-order valence-electron chi connectivity index (χ1n) is 9.96. The Bertz CT molecular complexity index is 701. The molecule has 1 aromatic carbocycles. The number of halogens is 1. The molecule has 2 aliphatic heterocycles. The van der Waals surface area contributed by atoms with E-state index in [9.17, 15) is 14.0 Å². The summed E-state index contributed by atoms with van der Waals surface area (Å²) < 4.78 is 14.0. The Balaban J connectivity index is 1.50. The van der Waals surface area contributed by atoms with Gasteiger partial charge in [-0.25, -0.2) is 4.39 Å². The van der Waals surface area contributed by atoms with Crippen LogP contribution in [0.1, 0.15) is 61.7 Å². The number of nitrogens with zero attached hydrogens (tertiary/aromatic N) is 2. The van der Waals surface area contributed by atoms with Gasteiger partial charge in [0.05, 0.1) is 11.0 Å². The van der Waals surface area contributed by atoms with Crippen LogP contribution < -0.4 is 0 Å². The minimum absolute atomic E-state index is 0.108. The zero-order chi connectivity index (χ0) is 18.1. The zero-order valence-electron chi connectivity index (χ0n) is 15.3. The van der Waals surface area contributed by atoms with Crippen LogP contribution in [0.3, 0.4) is 0 Å². The molecule has 4 nitrogen and oxygen atoms in total. The number of hydrogen-bond acceptors (Lipinski definition) is 2. The third-order valence-corrected chi connectivity index (χ3v) is 6.53. The predicted octanol–water partition coefficient (Wildman–Crippen LogP) is 3.61. The lowest BCUT2D eigenvalue weighted by molar-refractivity contribution is -0.149. The van der Waals surface area contributed by atoms with Crippen LogP contribution in [0.15, 0.2) is 24.3 Å². The molecule has 0 radical (unpaired) electrons. The van der Waals surface area contributed by atoms with Crippen LogP contribution >= 0.6 is 0 Å². The quantitative estimate of drug-likeness (QED) is 0.810. The van der Waals surface area contributed by atoms with E-state index < -0.39 is 11.2 Å². The fourth-order valence-corrected chi connectivity index (χ4v) is 5.07. The van der Waals surface area contributed by atoms with Crippen LogP contribution in [0.4, 0.5) is 4.39 Å².